The number of sulfone groups is 1. The van der Waals surface area contributed by atoms with Gasteiger partial charge in [0.1, 0.15) is 5.69 Å². The Kier molecular flexibility index (Phi) is 4.44. The lowest BCUT2D eigenvalue weighted by Gasteiger charge is -2.25. The minimum Gasteiger partial charge on any atom is -0.335 e. The number of hydrogen-bond donors (Lipinski definition) is 1. The van der Waals surface area contributed by atoms with E-state index in [1.54, 1.807) is 22.0 Å². The van der Waals surface area contributed by atoms with E-state index < -0.39 is 9.84 Å². The Morgan fingerprint density at radius 2 is 2.35 bits per heavy atom. The Balaban J connectivity index is 2.12. The van der Waals surface area contributed by atoms with E-state index in [1.807, 2.05) is 6.92 Å². The van der Waals surface area contributed by atoms with Gasteiger partial charge in [0.05, 0.1) is 17.8 Å². The van der Waals surface area contributed by atoms with Crippen molar-refractivity contribution in [2.45, 2.75) is 25.9 Å². The highest BCUT2D eigenvalue weighted by Crippen LogP contribution is 2.19. The number of amides is 1. The maximum absolute atomic E-state index is 12.4. The van der Waals surface area contributed by atoms with Crippen molar-refractivity contribution in [2.24, 2.45) is 5.73 Å². The Bertz CT molecular complexity index is 581. The second-order valence-corrected chi connectivity index (χ2v) is 7.16. The van der Waals surface area contributed by atoms with Crippen LogP contribution >= 0.6 is 0 Å². The van der Waals surface area contributed by atoms with Crippen molar-refractivity contribution >= 4 is 15.7 Å². The lowest BCUT2D eigenvalue weighted by molar-refractivity contribution is 0.0703. The molecule has 1 amide bonds. The van der Waals surface area contributed by atoms with Gasteiger partial charge in [0, 0.05) is 31.9 Å². The van der Waals surface area contributed by atoms with E-state index in [-0.39, 0.29) is 23.5 Å². The third kappa shape index (κ3) is 3.18. The number of carbonyl (C=O) groups is 1. The summed E-state index contributed by atoms with van der Waals surface area (Å²) in [7, 11) is -3.01. The molecule has 2 N–H and O–H groups in total. The van der Waals surface area contributed by atoms with Crippen molar-refractivity contribution in [3.8, 4) is 0 Å². The molecular formula is C12H20N4O3S. The summed E-state index contributed by atoms with van der Waals surface area (Å²) in [5.41, 5.74) is 5.79. The van der Waals surface area contributed by atoms with Gasteiger partial charge in [0.2, 0.25) is 0 Å². The highest BCUT2D eigenvalue weighted by Gasteiger charge is 2.34. The van der Waals surface area contributed by atoms with Crippen molar-refractivity contribution < 1.29 is 13.2 Å². The van der Waals surface area contributed by atoms with Gasteiger partial charge in [-0.05, 0) is 13.3 Å². The molecule has 0 aliphatic carbocycles. The van der Waals surface area contributed by atoms with Crippen molar-refractivity contribution in [1.29, 1.82) is 0 Å². The van der Waals surface area contributed by atoms with Gasteiger partial charge >= 0.3 is 0 Å². The SMILES string of the molecule is CCN(C(=O)c1cn(CCN)cn1)C1CCS(=O)(=O)C1. The van der Waals surface area contributed by atoms with Gasteiger partial charge in [-0.2, -0.15) is 0 Å². The van der Waals surface area contributed by atoms with Crippen LogP contribution in [0.1, 0.15) is 23.8 Å². The molecule has 1 aliphatic rings. The van der Waals surface area contributed by atoms with Crippen LogP contribution in [0.2, 0.25) is 0 Å². The number of nitrogens with two attached hydrogens (primary N) is 1. The van der Waals surface area contributed by atoms with E-state index in [9.17, 15) is 13.2 Å². The lowest BCUT2D eigenvalue weighted by Crippen LogP contribution is -2.41. The maximum atomic E-state index is 12.4. The zero-order valence-electron chi connectivity index (χ0n) is 11.5. The minimum absolute atomic E-state index is 0.0517. The molecule has 1 saturated heterocycles. The van der Waals surface area contributed by atoms with Gasteiger partial charge in [0.15, 0.2) is 9.84 Å². The molecule has 1 fully saturated rings. The topological polar surface area (TPSA) is 98.3 Å². The average molecular weight is 300 g/mol. The molecule has 0 saturated carbocycles. The Morgan fingerprint density at radius 1 is 1.60 bits per heavy atom. The molecule has 0 radical (unpaired) electrons. The second kappa shape index (κ2) is 5.92. The summed E-state index contributed by atoms with van der Waals surface area (Å²) in [4.78, 5) is 18.1. The molecule has 2 heterocycles. The summed E-state index contributed by atoms with van der Waals surface area (Å²) >= 11 is 0. The number of hydrogen-bond acceptors (Lipinski definition) is 5. The van der Waals surface area contributed by atoms with E-state index in [1.165, 1.54) is 0 Å². The monoisotopic (exact) mass is 300 g/mol. The van der Waals surface area contributed by atoms with Crippen molar-refractivity contribution in [2.75, 3.05) is 24.6 Å². The van der Waals surface area contributed by atoms with Gasteiger partial charge < -0.3 is 15.2 Å². The number of aromatic nitrogens is 2. The lowest BCUT2D eigenvalue weighted by atomic mass is 10.2. The predicted octanol–water partition coefficient (Wildman–Crippen LogP) is -0.509. The summed E-state index contributed by atoms with van der Waals surface area (Å²) in [5, 5.41) is 0. The summed E-state index contributed by atoms with van der Waals surface area (Å²) < 4.78 is 24.8. The first-order valence-electron chi connectivity index (χ1n) is 6.70. The van der Waals surface area contributed by atoms with Gasteiger partial charge in [-0.25, -0.2) is 13.4 Å². The Morgan fingerprint density at radius 3 is 2.90 bits per heavy atom. The standard InChI is InChI=1S/C12H20N4O3S/c1-2-16(10-3-6-20(18,19)8-10)12(17)11-7-15(5-4-13)9-14-11/h7,9-10H,2-6,8,13H2,1H3. The molecule has 20 heavy (non-hydrogen) atoms. The highest BCUT2D eigenvalue weighted by molar-refractivity contribution is 7.91. The fourth-order valence-electron chi connectivity index (χ4n) is 2.48. The summed E-state index contributed by atoms with van der Waals surface area (Å²) in [6.07, 6.45) is 3.73. The summed E-state index contributed by atoms with van der Waals surface area (Å²) in [5.74, 6) is -0.00976. The molecule has 1 atom stereocenters. The second-order valence-electron chi connectivity index (χ2n) is 4.93. The zero-order valence-corrected chi connectivity index (χ0v) is 12.3. The fraction of sp³-hybridized carbons (Fsp3) is 0.667. The average Bonchev–Trinajstić information content (AvgIpc) is 2.98. The van der Waals surface area contributed by atoms with Crippen LogP contribution in [-0.4, -0.2) is 59.4 Å². The summed E-state index contributed by atoms with van der Waals surface area (Å²) in [6.45, 7) is 3.40. The fourth-order valence-corrected chi connectivity index (χ4v) is 4.21. The molecule has 112 valence electrons. The molecule has 0 spiro atoms. The molecule has 1 aromatic rings. The summed E-state index contributed by atoms with van der Waals surface area (Å²) in [6, 6.07) is -0.239. The van der Waals surface area contributed by atoms with Crippen LogP contribution in [-0.2, 0) is 16.4 Å². The quantitative estimate of drug-likeness (QED) is 0.790. The minimum atomic E-state index is -3.01. The molecule has 0 aromatic carbocycles. The van der Waals surface area contributed by atoms with Crippen LogP contribution in [0.25, 0.3) is 0 Å². The zero-order chi connectivity index (χ0) is 14.8. The van der Waals surface area contributed by atoms with Crippen molar-refractivity contribution in [1.82, 2.24) is 14.5 Å². The van der Waals surface area contributed by atoms with Gasteiger partial charge in [-0.1, -0.05) is 0 Å². The molecule has 1 aliphatic heterocycles. The van der Waals surface area contributed by atoms with E-state index >= 15 is 0 Å². The number of nitrogens with zero attached hydrogens (tertiary/aromatic N) is 3. The third-order valence-electron chi connectivity index (χ3n) is 3.49. The normalized spacial score (nSPS) is 21.0. The van der Waals surface area contributed by atoms with Crippen LogP contribution in [0.5, 0.6) is 0 Å². The molecule has 1 unspecified atom stereocenters. The Hall–Kier alpha value is -1.41. The molecule has 2 rings (SSSR count). The van der Waals surface area contributed by atoms with Crippen molar-refractivity contribution in [3.63, 3.8) is 0 Å². The Labute approximate surface area is 118 Å². The largest absolute Gasteiger partial charge is 0.335 e. The molecular weight excluding hydrogens is 280 g/mol. The van der Waals surface area contributed by atoms with E-state index in [0.717, 1.165) is 0 Å². The van der Waals surface area contributed by atoms with Crippen LogP contribution in [0, 0.1) is 0 Å². The molecule has 8 heteroatoms. The molecule has 1 aromatic heterocycles. The van der Waals surface area contributed by atoms with Gasteiger partial charge in [0.25, 0.3) is 5.91 Å². The molecule has 0 bridgehead atoms. The van der Waals surface area contributed by atoms with Crippen LogP contribution < -0.4 is 5.73 Å². The van der Waals surface area contributed by atoms with Crippen LogP contribution in [0.3, 0.4) is 0 Å². The maximum Gasteiger partial charge on any atom is 0.274 e. The number of rotatable bonds is 5. The molecule has 7 nitrogen and oxygen atoms in total. The first-order chi connectivity index (χ1) is 9.46. The predicted molar refractivity (Wildman–Crippen MR) is 75.1 cm³/mol. The number of imidazole rings is 1. The first-order valence-corrected chi connectivity index (χ1v) is 8.52. The number of carbonyl (C=O) groups excluding carboxylic acids is 1. The van der Waals surface area contributed by atoms with Gasteiger partial charge in [-0.3, -0.25) is 4.79 Å². The van der Waals surface area contributed by atoms with E-state index in [4.69, 9.17) is 5.73 Å². The van der Waals surface area contributed by atoms with Crippen LogP contribution in [0.15, 0.2) is 12.5 Å². The first kappa shape index (κ1) is 15.0. The van der Waals surface area contributed by atoms with Crippen LogP contribution in [0.4, 0.5) is 0 Å². The van der Waals surface area contributed by atoms with E-state index in [0.29, 0.717) is 31.7 Å². The van der Waals surface area contributed by atoms with E-state index in [2.05, 4.69) is 4.98 Å². The third-order valence-corrected chi connectivity index (χ3v) is 5.24. The smallest absolute Gasteiger partial charge is 0.274 e. The highest BCUT2D eigenvalue weighted by atomic mass is 32.2. The van der Waals surface area contributed by atoms with Gasteiger partial charge in [-0.15, -0.1) is 0 Å². The van der Waals surface area contributed by atoms with Crippen molar-refractivity contribution in [3.05, 3.63) is 18.2 Å².